The number of nitrogens with zero attached hydrogens (tertiary/aromatic N) is 2. The van der Waals surface area contributed by atoms with Gasteiger partial charge in [-0.05, 0) is 127 Å². The summed E-state index contributed by atoms with van der Waals surface area (Å²) in [4.78, 5) is 11.7. The normalized spacial score (nSPS) is 17.0. The Labute approximate surface area is 404 Å². The molecule has 0 bridgehead atoms. The standard InChI is InChI=1S/C65H46N2OS/c1-2-47-61(45-22-14-21-41(35-45)39-16-4-3-5-17-39)66-65(67-62(47)54-27-15-26-53-51-25-11-13-29-59(51)69-64(53)54)57-38-46(37-56-50-24-10-12-28-58(50)68-63(56)57)49-32-31-44-34-42-19-6-7-20-43(42)36-55(44)52-33-30-40-18-8-9-23-48(40)60(49)52/h3-30,33-38,47,49,62H,2,31-32H2,1H3/t47?,49-,62?/m0/s1. The molecule has 4 heteroatoms. The number of aryl methyl sites for hydroxylation is 1. The van der Waals surface area contributed by atoms with Crippen LogP contribution in [0, 0.1) is 5.92 Å². The van der Waals surface area contributed by atoms with Crippen molar-refractivity contribution < 1.29 is 4.42 Å². The van der Waals surface area contributed by atoms with Crippen LogP contribution in [-0.4, -0.2) is 11.5 Å². The van der Waals surface area contributed by atoms with Gasteiger partial charge >= 0.3 is 0 Å². The first-order valence-electron chi connectivity index (χ1n) is 24.4. The third-order valence-corrected chi connectivity index (χ3v) is 16.3. The lowest BCUT2D eigenvalue weighted by molar-refractivity contribution is 0.536. The Kier molecular flexibility index (Phi) is 9.38. The second-order valence-electron chi connectivity index (χ2n) is 18.9. The van der Waals surface area contributed by atoms with E-state index >= 15 is 0 Å². The third kappa shape index (κ3) is 6.54. The zero-order valence-corrected chi connectivity index (χ0v) is 39.0. The van der Waals surface area contributed by atoms with Crippen molar-refractivity contribution in [2.45, 2.75) is 38.1 Å². The molecular weight excluding hydrogens is 857 g/mol. The molecule has 2 aliphatic rings. The predicted molar refractivity (Wildman–Crippen MR) is 292 cm³/mol. The van der Waals surface area contributed by atoms with E-state index in [0.717, 1.165) is 63.9 Å². The average Bonchev–Trinajstić information content (AvgIpc) is 3.94. The SMILES string of the molecule is CCC1C(c2cccc(-c3ccccc3)c2)=NC(c2cc([C@@H]3CCc4cc5ccccc5cc4-c4ccc5ccccc5c43)cc3c2oc2ccccc23)=NC1c1cccc2c1sc1ccccc12. The Hall–Kier alpha value is -7.92. The van der Waals surface area contributed by atoms with Crippen LogP contribution in [0.15, 0.2) is 221 Å². The van der Waals surface area contributed by atoms with Gasteiger partial charge in [-0.2, -0.15) is 0 Å². The van der Waals surface area contributed by atoms with Crippen molar-refractivity contribution in [2.75, 3.05) is 0 Å². The van der Waals surface area contributed by atoms with Crippen LogP contribution in [0.4, 0.5) is 0 Å². The number of fused-ring (bicyclic) bond motifs is 12. The molecule has 2 aromatic heterocycles. The first-order valence-corrected chi connectivity index (χ1v) is 25.2. The van der Waals surface area contributed by atoms with Gasteiger partial charge in [0.25, 0.3) is 0 Å². The van der Waals surface area contributed by atoms with Gasteiger partial charge in [0.1, 0.15) is 11.2 Å². The molecular formula is C65H46N2OS. The maximum atomic E-state index is 7.01. The van der Waals surface area contributed by atoms with Crippen molar-refractivity contribution in [1.82, 2.24) is 0 Å². The lowest BCUT2D eigenvalue weighted by Crippen LogP contribution is -2.28. The number of para-hydroxylation sites is 1. The molecule has 12 aromatic rings. The number of hydrogen-bond acceptors (Lipinski definition) is 4. The molecule has 1 aliphatic carbocycles. The van der Waals surface area contributed by atoms with Crippen LogP contribution in [0.1, 0.15) is 65.1 Å². The topological polar surface area (TPSA) is 37.9 Å². The van der Waals surface area contributed by atoms with Crippen LogP contribution in [0.25, 0.3) is 85.9 Å². The summed E-state index contributed by atoms with van der Waals surface area (Å²) in [6, 6.07) is 75.7. The second-order valence-corrected chi connectivity index (χ2v) is 20.0. The first-order chi connectivity index (χ1) is 34.1. The molecule has 0 radical (unpaired) electrons. The summed E-state index contributed by atoms with van der Waals surface area (Å²) in [5, 5.41) is 9.89. The van der Waals surface area contributed by atoms with Gasteiger partial charge in [0.2, 0.25) is 0 Å². The molecule has 2 unspecified atom stereocenters. The summed E-state index contributed by atoms with van der Waals surface area (Å²) in [7, 11) is 0. The molecule has 0 saturated heterocycles. The molecule has 0 N–H and O–H groups in total. The van der Waals surface area contributed by atoms with Gasteiger partial charge in [-0.25, -0.2) is 4.99 Å². The summed E-state index contributed by atoms with van der Waals surface area (Å²) < 4.78 is 9.60. The quantitative estimate of drug-likeness (QED) is 0.164. The highest BCUT2D eigenvalue weighted by molar-refractivity contribution is 7.26. The molecule has 0 fully saturated rings. The number of rotatable bonds is 6. The van der Waals surface area contributed by atoms with Crippen LogP contribution in [0.3, 0.4) is 0 Å². The van der Waals surface area contributed by atoms with Gasteiger partial charge in [-0.1, -0.05) is 177 Å². The number of amidine groups is 1. The van der Waals surface area contributed by atoms with Crippen molar-refractivity contribution in [3.8, 4) is 22.3 Å². The van der Waals surface area contributed by atoms with Gasteiger partial charge < -0.3 is 4.42 Å². The monoisotopic (exact) mass is 902 g/mol. The van der Waals surface area contributed by atoms with E-state index in [1.807, 2.05) is 11.3 Å². The highest BCUT2D eigenvalue weighted by Crippen LogP contribution is 2.49. The zero-order chi connectivity index (χ0) is 45.6. The van der Waals surface area contributed by atoms with Crippen LogP contribution in [0.2, 0.25) is 0 Å². The van der Waals surface area contributed by atoms with E-state index in [-0.39, 0.29) is 17.9 Å². The Morgan fingerprint density at radius 2 is 1.25 bits per heavy atom. The molecule has 14 rings (SSSR count). The molecule has 0 spiro atoms. The minimum atomic E-state index is -0.191. The van der Waals surface area contributed by atoms with Crippen molar-refractivity contribution in [3.63, 3.8) is 0 Å². The summed E-state index contributed by atoms with van der Waals surface area (Å²) >= 11 is 1.88. The fourth-order valence-corrected chi connectivity index (χ4v) is 13.1. The second kappa shape index (κ2) is 16.1. The molecule has 3 heterocycles. The molecule has 328 valence electrons. The van der Waals surface area contributed by atoms with Crippen LogP contribution >= 0.6 is 11.3 Å². The number of thiophene rings is 1. The van der Waals surface area contributed by atoms with E-state index in [1.54, 1.807) is 0 Å². The van der Waals surface area contributed by atoms with Gasteiger partial charge in [0, 0.05) is 42.8 Å². The predicted octanol–water partition coefficient (Wildman–Crippen LogP) is 17.7. The molecule has 10 aromatic carbocycles. The van der Waals surface area contributed by atoms with E-state index in [4.69, 9.17) is 14.4 Å². The Morgan fingerprint density at radius 3 is 2.12 bits per heavy atom. The fourth-order valence-electron chi connectivity index (χ4n) is 11.8. The minimum Gasteiger partial charge on any atom is -0.455 e. The average molecular weight is 903 g/mol. The van der Waals surface area contributed by atoms with Gasteiger partial charge in [0.05, 0.1) is 17.3 Å². The Bertz CT molecular complexity index is 4100. The molecule has 0 amide bonds. The van der Waals surface area contributed by atoms with E-state index in [2.05, 4.69) is 213 Å². The third-order valence-electron chi connectivity index (χ3n) is 15.1. The number of furan rings is 1. The largest absolute Gasteiger partial charge is 0.455 e. The zero-order valence-electron chi connectivity index (χ0n) is 38.2. The molecule has 3 atom stereocenters. The van der Waals surface area contributed by atoms with Gasteiger partial charge in [0.15, 0.2) is 5.84 Å². The number of benzene rings is 10. The summed E-state index contributed by atoms with van der Waals surface area (Å²) in [6.07, 6.45) is 2.78. The van der Waals surface area contributed by atoms with E-state index in [0.29, 0.717) is 0 Å². The van der Waals surface area contributed by atoms with Crippen molar-refractivity contribution in [2.24, 2.45) is 15.9 Å². The molecule has 1 aliphatic heterocycles. The Balaban J connectivity index is 1.03. The molecule has 0 saturated carbocycles. The maximum Gasteiger partial charge on any atom is 0.159 e. The Morgan fingerprint density at radius 1 is 0.536 bits per heavy atom. The maximum absolute atomic E-state index is 7.01. The first kappa shape index (κ1) is 40.2. The molecule has 69 heavy (non-hydrogen) atoms. The highest BCUT2D eigenvalue weighted by atomic mass is 32.1. The van der Waals surface area contributed by atoms with Crippen molar-refractivity contribution >= 4 is 86.5 Å². The van der Waals surface area contributed by atoms with E-state index in [1.165, 1.54) is 86.2 Å². The van der Waals surface area contributed by atoms with Crippen molar-refractivity contribution in [1.29, 1.82) is 0 Å². The highest BCUT2D eigenvalue weighted by Gasteiger charge is 2.35. The number of hydrogen-bond donors (Lipinski definition) is 0. The van der Waals surface area contributed by atoms with Gasteiger partial charge in [-0.15, -0.1) is 11.3 Å². The minimum absolute atomic E-state index is 0.0269. The smallest absolute Gasteiger partial charge is 0.159 e. The van der Waals surface area contributed by atoms with E-state index in [9.17, 15) is 0 Å². The van der Waals surface area contributed by atoms with E-state index < -0.39 is 0 Å². The molecule has 3 nitrogen and oxygen atoms in total. The van der Waals surface area contributed by atoms with Crippen molar-refractivity contribution in [3.05, 3.63) is 240 Å². The summed E-state index contributed by atoms with van der Waals surface area (Å²) in [5.74, 6) is 0.828. The lowest BCUT2D eigenvalue weighted by Gasteiger charge is -2.30. The number of aliphatic imine (C=N–C) groups is 2. The van der Waals surface area contributed by atoms with Gasteiger partial charge in [-0.3, -0.25) is 4.99 Å². The summed E-state index contributed by atoms with van der Waals surface area (Å²) in [6.45, 7) is 2.30. The van der Waals surface area contributed by atoms with Crippen LogP contribution < -0.4 is 0 Å². The van der Waals surface area contributed by atoms with Crippen LogP contribution in [0.5, 0.6) is 0 Å². The van der Waals surface area contributed by atoms with Crippen LogP contribution in [-0.2, 0) is 6.42 Å². The fraction of sp³-hybridized carbons (Fsp3) is 0.108. The lowest BCUT2D eigenvalue weighted by atomic mass is 9.81. The summed E-state index contributed by atoms with van der Waals surface area (Å²) in [5.41, 5.74) is 15.1.